The average Bonchev–Trinajstić information content (AvgIpc) is 2.47. The molecule has 12 heavy (non-hydrogen) atoms. The molecule has 72 valence electrons. The van der Waals surface area contributed by atoms with Gasteiger partial charge in [0.15, 0.2) is 0 Å². The topological polar surface area (TPSA) is 38.0 Å². The first-order valence-electron chi connectivity index (χ1n) is 5.22. The maximum atomic E-state index is 5.63. The molecule has 2 nitrogen and oxygen atoms in total. The van der Waals surface area contributed by atoms with E-state index in [1.54, 1.807) is 0 Å². The summed E-state index contributed by atoms with van der Waals surface area (Å²) in [6, 6.07) is 1.29. The lowest BCUT2D eigenvalue weighted by molar-refractivity contribution is 0.417. The number of nitrogens with one attached hydrogen (secondary N) is 1. The summed E-state index contributed by atoms with van der Waals surface area (Å²) in [5.74, 6) is 0.915. The fourth-order valence-corrected chi connectivity index (χ4v) is 2.04. The van der Waals surface area contributed by atoms with Crippen LogP contribution in [0.1, 0.15) is 39.5 Å². The first-order chi connectivity index (χ1) is 5.76. The van der Waals surface area contributed by atoms with Crippen LogP contribution in [0.3, 0.4) is 0 Å². The maximum absolute atomic E-state index is 5.63. The van der Waals surface area contributed by atoms with Crippen molar-refractivity contribution in [2.24, 2.45) is 11.7 Å². The van der Waals surface area contributed by atoms with Crippen molar-refractivity contribution in [3.63, 3.8) is 0 Å². The van der Waals surface area contributed by atoms with E-state index in [-0.39, 0.29) is 0 Å². The highest BCUT2D eigenvalue weighted by Crippen LogP contribution is 2.24. The third-order valence-electron chi connectivity index (χ3n) is 2.94. The Morgan fingerprint density at radius 1 is 1.50 bits per heavy atom. The third-order valence-corrected chi connectivity index (χ3v) is 2.94. The highest BCUT2D eigenvalue weighted by Gasteiger charge is 2.22. The molecule has 3 N–H and O–H groups in total. The molecule has 0 aromatic rings. The maximum Gasteiger partial charge on any atom is 0.0190 e. The molecule has 1 aliphatic carbocycles. The Balaban J connectivity index is 2.21. The second kappa shape index (κ2) is 4.83. The molecule has 2 heteroatoms. The van der Waals surface area contributed by atoms with E-state index in [0.717, 1.165) is 24.9 Å². The predicted octanol–water partition coefficient (Wildman–Crippen LogP) is 1.50. The number of nitrogens with two attached hydrogens (primary N) is 1. The molecule has 0 aromatic heterocycles. The summed E-state index contributed by atoms with van der Waals surface area (Å²) in [5, 5.41) is 3.62. The van der Waals surface area contributed by atoms with Gasteiger partial charge in [-0.3, -0.25) is 0 Å². The average molecular weight is 170 g/mol. The van der Waals surface area contributed by atoms with E-state index in [9.17, 15) is 0 Å². The monoisotopic (exact) mass is 170 g/mol. The van der Waals surface area contributed by atoms with Crippen LogP contribution < -0.4 is 11.1 Å². The molecule has 1 fully saturated rings. The van der Waals surface area contributed by atoms with Gasteiger partial charge in [-0.15, -0.1) is 0 Å². The molecule has 0 amide bonds. The van der Waals surface area contributed by atoms with Crippen molar-refractivity contribution in [1.29, 1.82) is 0 Å². The normalized spacial score (nSPS) is 32.2. The Morgan fingerprint density at radius 2 is 2.25 bits per heavy atom. The summed E-state index contributed by atoms with van der Waals surface area (Å²) in [4.78, 5) is 0. The highest BCUT2D eigenvalue weighted by atomic mass is 15.0. The van der Waals surface area contributed by atoms with Crippen molar-refractivity contribution in [1.82, 2.24) is 5.32 Å². The van der Waals surface area contributed by atoms with Crippen molar-refractivity contribution in [3.8, 4) is 0 Å². The fraction of sp³-hybridized carbons (Fsp3) is 1.00. The standard InChI is InChI=1S/C10H22N2/c1-3-9(7-11)12-10-5-4-8(2)6-10/h8-10,12H,3-7,11H2,1-2H3. The van der Waals surface area contributed by atoms with Crippen LogP contribution in [-0.2, 0) is 0 Å². The lowest BCUT2D eigenvalue weighted by Gasteiger charge is -2.20. The van der Waals surface area contributed by atoms with Gasteiger partial charge in [-0.2, -0.15) is 0 Å². The van der Waals surface area contributed by atoms with Gasteiger partial charge in [0.2, 0.25) is 0 Å². The van der Waals surface area contributed by atoms with Gasteiger partial charge in [0.25, 0.3) is 0 Å². The molecular formula is C10H22N2. The van der Waals surface area contributed by atoms with Crippen LogP contribution in [0.15, 0.2) is 0 Å². The van der Waals surface area contributed by atoms with E-state index in [4.69, 9.17) is 5.73 Å². The molecule has 1 saturated carbocycles. The zero-order valence-corrected chi connectivity index (χ0v) is 8.34. The van der Waals surface area contributed by atoms with E-state index >= 15 is 0 Å². The summed E-state index contributed by atoms with van der Waals surface area (Å²) in [6.45, 7) is 5.31. The van der Waals surface area contributed by atoms with Crippen molar-refractivity contribution in [2.75, 3.05) is 6.54 Å². The molecule has 1 aliphatic rings. The first kappa shape index (κ1) is 10.0. The predicted molar refractivity (Wildman–Crippen MR) is 53.1 cm³/mol. The summed E-state index contributed by atoms with van der Waals surface area (Å²) in [5.41, 5.74) is 5.63. The molecule has 3 unspecified atom stereocenters. The van der Waals surface area contributed by atoms with Crippen LogP contribution >= 0.6 is 0 Å². The van der Waals surface area contributed by atoms with Crippen LogP contribution in [0.2, 0.25) is 0 Å². The van der Waals surface area contributed by atoms with Gasteiger partial charge in [-0.1, -0.05) is 13.8 Å². The van der Waals surface area contributed by atoms with Gasteiger partial charge in [0, 0.05) is 18.6 Å². The van der Waals surface area contributed by atoms with Gasteiger partial charge in [-0.05, 0) is 31.6 Å². The fourth-order valence-electron chi connectivity index (χ4n) is 2.04. The zero-order valence-electron chi connectivity index (χ0n) is 8.34. The Kier molecular flexibility index (Phi) is 4.02. The second-order valence-electron chi connectivity index (χ2n) is 4.12. The van der Waals surface area contributed by atoms with Crippen LogP contribution in [0, 0.1) is 5.92 Å². The molecule has 1 rings (SSSR count). The Hall–Kier alpha value is -0.0800. The van der Waals surface area contributed by atoms with E-state index < -0.39 is 0 Å². The van der Waals surface area contributed by atoms with Gasteiger partial charge >= 0.3 is 0 Å². The summed E-state index contributed by atoms with van der Waals surface area (Å²) >= 11 is 0. The number of hydrogen-bond donors (Lipinski definition) is 2. The molecular weight excluding hydrogens is 148 g/mol. The van der Waals surface area contributed by atoms with Gasteiger partial charge in [0.05, 0.1) is 0 Å². The van der Waals surface area contributed by atoms with Gasteiger partial charge in [-0.25, -0.2) is 0 Å². The van der Waals surface area contributed by atoms with Crippen LogP contribution in [0.5, 0.6) is 0 Å². The van der Waals surface area contributed by atoms with E-state index in [2.05, 4.69) is 19.2 Å². The molecule has 0 saturated heterocycles. The third kappa shape index (κ3) is 2.76. The molecule has 0 heterocycles. The molecule has 0 radical (unpaired) electrons. The summed E-state index contributed by atoms with van der Waals surface area (Å²) in [7, 11) is 0. The van der Waals surface area contributed by atoms with E-state index in [1.807, 2.05) is 0 Å². The Morgan fingerprint density at radius 3 is 2.67 bits per heavy atom. The molecule has 0 aromatic carbocycles. The minimum Gasteiger partial charge on any atom is -0.329 e. The van der Waals surface area contributed by atoms with Crippen molar-refractivity contribution < 1.29 is 0 Å². The Labute approximate surface area is 75.9 Å². The minimum atomic E-state index is 0.542. The smallest absolute Gasteiger partial charge is 0.0190 e. The Bertz CT molecular complexity index is 121. The molecule has 0 spiro atoms. The quantitative estimate of drug-likeness (QED) is 0.671. The van der Waals surface area contributed by atoms with E-state index in [1.165, 1.54) is 19.3 Å². The second-order valence-corrected chi connectivity index (χ2v) is 4.12. The molecule has 0 bridgehead atoms. The summed E-state index contributed by atoms with van der Waals surface area (Å²) in [6.07, 6.45) is 5.23. The van der Waals surface area contributed by atoms with Crippen LogP contribution in [-0.4, -0.2) is 18.6 Å². The van der Waals surface area contributed by atoms with Gasteiger partial charge < -0.3 is 11.1 Å². The van der Waals surface area contributed by atoms with Crippen LogP contribution in [0.4, 0.5) is 0 Å². The lowest BCUT2D eigenvalue weighted by atomic mass is 10.1. The van der Waals surface area contributed by atoms with Crippen LogP contribution in [0.25, 0.3) is 0 Å². The SMILES string of the molecule is CCC(CN)NC1CCC(C)C1. The highest BCUT2D eigenvalue weighted by molar-refractivity contribution is 4.81. The minimum absolute atomic E-state index is 0.542. The van der Waals surface area contributed by atoms with Crippen molar-refractivity contribution in [2.45, 2.75) is 51.6 Å². The largest absolute Gasteiger partial charge is 0.329 e. The summed E-state index contributed by atoms with van der Waals surface area (Å²) < 4.78 is 0. The molecule has 0 aliphatic heterocycles. The molecule has 3 atom stereocenters. The van der Waals surface area contributed by atoms with E-state index in [0.29, 0.717) is 6.04 Å². The van der Waals surface area contributed by atoms with Gasteiger partial charge in [0.1, 0.15) is 0 Å². The number of rotatable bonds is 4. The first-order valence-corrected chi connectivity index (χ1v) is 5.22. The van der Waals surface area contributed by atoms with Crippen molar-refractivity contribution >= 4 is 0 Å². The lowest BCUT2D eigenvalue weighted by Crippen LogP contribution is -2.41. The number of hydrogen-bond acceptors (Lipinski definition) is 2. The van der Waals surface area contributed by atoms with Crippen molar-refractivity contribution in [3.05, 3.63) is 0 Å². The zero-order chi connectivity index (χ0) is 8.97.